The molecule has 1 aromatic rings. The molecule has 0 radical (unpaired) electrons. The highest BCUT2D eigenvalue weighted by Crippen LogP contribution is 2.24. The fourth-order valence-electron chi connectivity index (χ4n) is 3.60. The van der Waals surface area contributed by atoms with Crippen LogP contribution in [0.3, 0.4) is 0 Å². The highest BCUT2D eigenvalue weighted by molar-refractivity contribution is 5.90. The van der Waals surface area contributed by atoms with E-state index in [4.69, 9.17) is 4.74 Å². The summed E-state index contributed by atoms with van der Waals surface area (Å²) in [5.41, 5.74) is 0.640. The second kappa shape index (κ2) is 13.4. The minimum absolute atomic E-state index is 0.239. The first-order valence-electron chi connectivity index (χ1n) is 12.4. The van der Waals surface area contributed by atoms with Crippen molar-refractivity contribution in [3.63, 3.8) is 0 Å². The van der Waals surface area contributed by atoms with Gasteiger partial charge in [0.2, 0.25) is 11.8 Å². The summed E-state index contributed by atoms with van der Waals surface area (Å²) in [6, 6.07) is 6.87. The van der Waals surface area contributed by atoms with Crippen LogP contribution in [0.5, 0.6) is 0 Å². The predicted octanol–water partition coefficient (Wildman–Crippen LogP) is 5.27. The number of ether oxygens (including phenoxy) is 1. The molecule has 7 nitrogen and oxygen atoms in total. The second-order valence-corrected chi connectivity index (χ2v) is 10.9. The van der Waals surface area contributed by atoms with Crippen molar-refractivity contribution < 1.29 is 19.1 Å². The second-order valence-electron chi connectivity index (χ2n) is 10.9. The van der Waals surface area contributed by atoms with Crippen LogP contribution in [-0.2, 0) is 14.3 Å². The first-order valence-corrected chi connectivity index (χ1v) is 12.4. The van der Waals surface area contributed by atoms with Crippen LogP contribution in [0, 0.1) is 6.92 Å². The van der Waals surface area contributed by atoms with Crippen LogP contribution >= 0.6 is 0 Å². The molecule has 0 fully saturated rings. The lowest BCUT2D eigenvalue weighted by molar-refractivity contribution is -0.141. The Labute approximate surface area is 206 Å². The Kier molecular flexibility index (Phi) is 11.6. The standard InChI is InChI=1S/C27H45N3O4/c1-9-10-11-12-13-17-30(22(31)19-28-25(33)34-27(6,7)8)23(24(32)29-26(3,4)5)21-16-14-15-20(2)18-21/h14-16,18,23H,9-13,17,19H2,1-8H3,(H,28,33)(H,29,32). The van der Waals surface area contributed by atoms with Crippen molar-refractivity contribution in [3.05, 3.63) is 35.4 Å². The number of nitrogens with zero attached hydrogens (tertiary/aromatic N) is 1. The lowest BCUT2D eigenvalue weighted by Crippen LogP contribution is -2.51. The summed E-state index contributed by atoms with van der Waals surface area (Å²) in [6.45, 7) is 15.3. The van der Waals surface area contributed by atoms with Gasteiger partial charge in [0.05, 0.1) is 0 Å². The smallest absolute Gasteiger partial charge is 0.408 e. The van der Waals surface area contributed by atoms with Crippen LogP contribution in [0.1, 0.15) is 97.7 Å². The van der Waals surface area contributed by atoms with Gasteiger partial charge in [-0.1, -0.05) is 62.4 Å². The summed E-state index contributed by atoms with van der Waals surface area (Å²) >= 11 is 0. The third-order valence-electron chi connectivity index (χ3n) is 5.02. The molecule has 0 aliphatic heterocycles. The van der Waals surface area contributed by atoms with Crippen LogP contribution < -0.4 is 10.6 Å². The number of hydrogen-bond acceptors (Lipinski definition) is 4. The summed E-state index contributed by atoms with van der Waals surface area (Å²) in [7, 11) is 0. The first-order chi connectivity index (χ1) is 15.7. The van der Waals surface area contributed by atoms with Crippen molar-refractivity contribution in [2.75, 3.05) is 13.1 Å². The molecular formula is C27H45N3O4. The van der Waals surface area contributed by atoms with Crippen LogP contribution in [0.4, 0.5) is 4.79 Å². The van der Waals surface area contributed by atoms with Gasteiger partial charge in [0.25, 0.3) is 0 Å². The van der Waals surface area contributed by atoms with Gasteiger partial charge in [0.1, 0.15) is 18.2 Å². The Morgan fingerprint density at radius 1 is 1.00 bits per heavy atom. The molecule has 192 valence electrons. The van der Waals surface area contributed by atoms with E-state index >= 15 is 0 Å². The molecule has 0 aliphatic rings. The number of carbonyl (C=O) groups is 3. The van der Waals surface area contributed by atoms with Crippen molar-refractivity contribution in [2.45, 2.75) is 105 Å². The summed E-state index contributed by atoms with van der Waals surface area (Å²) in [4.78, 5) is 40.6. The zero-order valence-electron chi connectivity index (χ0n) is 22.4. The Hall–Kier alpha value is -2.57. The van der Waals surface area contributed by atoms with Crippen LogP contribution in [0.25, 0.3) is 0 Å². The van der Waals surface area contributed by atoms with Gasteiger partial charge in [-0.2, -0.15) is 0 Å². The van der Waals surface area contributed by atoms with E-state index in [1.807, 2.05) is 52.0 Å². The molecule has 2 N–H and O–H groups in total. The van der Waals surface area contributed by atoms with E-state index in [0.717, 1.165) is 43.2 Å². The van der Waals surface area contributed by atoms with Crippen molar-refractivity contribution >= 4 is 17.9 Å². The van der Waals surface area contributed by atoms with Gasteiger partial charge in [0.15, 0.2) is 0 Å². The number of carbonyl (C=O) groups excluding carboxylic acids is 3. The van der Waals surface area contributed by atoms with E-state index in [-0.39, 0.29) is 18.4 Å². The van der Waals surface area contributed by atoms with E-state index in [9.17, 15) is 14.4 Å². The number of aryl methyl sites for hydroxylation is 1. The minimum atomic E-state index is -0.793. The maximum atomic E-state index is 13.5. The highest BCUT2D eigenvalue weighted by Gasteiger charge is 2.33. The van der Waals surface area contributed by atoms with Crippen LogP contribution in [0.15, 0.2) is 24.3 Å². The van der Waals surface area contributed by atoms with Crippen molar-refractivity contribution in [3.8, 4) is 0 Å². The monoisotopic (exact) mass is 475 g/mol. The molecule has 0 saturated heterocycles. The summed E-state index contributed by atoms with van der Waals surface area (Å²) in [5.74, 6) is -0.561. The summed E-state index contributed by atoms with van der Waals surface area (Å²) in [6.07, 6.45) is 4.44. The van der Waals surface area contributed by atoms with Gasteiger partial charge in [-0.3, -0.25) is 9.59 Å². The maximum Gasteiger partial charge on any atom is 0.408 e. The largest absolute Gasteiger partial charge is 0.444 e. The third-order valence-corrected chi connectivity index (χ3v) is 5.02. The summed E-state index contributed by atoms with van der Waals surface area (Å²) < 4.78 is 5.27. The average molecular weight is 476 g/mol. The highest BCUT2D eigenvalue weighted by atomic mass is 16.6. The predicted molar refractivity (Wildman–Crippen MR) is 137 cm³/mol. The fraction of sp³-hybridized carbons (Fsp3) is 0.667. The quantitative estimate of drug-likeness (QED) is 0.427. The molecule has 1 rings (SSSR count). The normalized spacial score (nSPS) is 12.6. The third kappa shape index (κ3) is 11.5. The molecule has 3 amide bonds. The number of unbranched alkanes of at least 4 members (excludes halogenated alkanes) is 4. The SMILES string of the molecule is CCCCCCCN(C(=O)CNC(=O)OC(C)(C)C)C(C(=O)NC(C)(C)C)c1cccc(C)c1. The molecule has 0 spiro atoms. The lowest BCUT2D eigenvalue weighted by Gasteiger charge is -2.34. The van der Waals surface area contributed by atoms with Gasteiger partial charge in [-0.05, 0) is 60.5 Å². The number of nitrogens with one attached hydrogen (secondary N) is 2. The topological polar surface area (TPSA) is 87.7 Å². The van der Waals surface area contributed by atoms with Gasteiger partial charge >= 0.3 is 6.09 Å². The van der Waals surface area contributed by atoms with Gasteiger partial charge in [-0.15, -0.1) is 0 Å². The zero-order chi connectivity index (χ0) is 25.9. The van der Waals surface area contributed by atoms with E-state index in [1.54, 1.807) is 25.7 Å². The number of alkyl carbamates (subject to hydrolysis) is 1. The van der Waals surface area contributed by atoms with Gasteiger partial charge < -0.3 is 20.3 Å². The molecule has 1 atom stereocenters. The Morgan fingerprint density at radius 3 is 2.21 bits per heavy atom. The molecule has 0 saturated carbocycles. The number of rotatable bonds is 11. The Morgan fingerprint density at radius 2 is 1.65 bits per heavy atom. The fourth-order valence-corrected chi connectivity index (χ4v) is 3.60. The molecule has 34 heavy (non-hydrogen) atoms. The van der Waals surface area contributed by atoms with Crippen molar-refractivity contribution in [2.24, 2.45) is 0 Å². The van der Waals surface area contributed by atoms with Crippen LogP contribution in [-0.4, -0.2) is 47.0 Å². The Bertz CT molecular complexity index is 809. The van der Waals surface area contributed by atoms with Crippen LogP contribution in [0.2, 0.25) is 0 Å². The molecule has 1 aromatic carbocycles. The summed E-state index contributed by atoms with van der Waals surface area (Å²) in [5, 5.41) is 5.59. The molecule has 0 bridgehead atoms. The average Bonchev–Trinajstić information content (AvgIpc) is 2.68. The maximum absolute atomic E-state index is 13.5. The van der Waals surface area contributed by atoms with Crippen molar-refractivity contribution in [1.29, 1.82) is 0 Å². The van der Waals surface area contributed by atoms with E-state index in [1.165, 1.54) is 0 Å². The van der Waals surface area contributed by atoms with Crippen molar-refractivity contribution in [1.82, 2.24) is 15.5 Å². The molecule has 7 heteroatoms. The molecule has 1 unspecified atom stereocenters. The number of hydrogen-bond donors (Lipinski definition) is 2. The van der Waals surface area contributed by atoms with E-state index < -0.39 is 23.3 Å². The molecule has 0 aliphatic carbocycles. The number of benzene rings is 1. The molecule has 0 heterocycles. The van der Waals surface area contributed by atoms with E-state index in [0.29, 0.717) is 6.54 Å². The van der Waals surface area contributed by atoms with Gasteiger partial charge in [-0.25, -0.2) is 4.79 Å². The molecule has 0 aromatic heterocycles. The molecular weight excluding hydrogens is 430 g/mol. The minimum Gasteiger partial charge on any atom is -0.444 e. The lowest BCUT2D eigenvalue weighted by atomic mass is 9.99. The van der Waals surface area contributed by atoms with Gasteiger partial charge in [0, 0.05) is 12.1 Å². The number of amides is 3. The Balaban J connectivity index is 3.20. The first kappa shape index (κ1) is 29.5. The van der Waals surface area contributed by atoms with E-state index in [2.05, 4.69) is 17.6 Å². The zero-order valence-corrected chi connectivity index (χ0v) is 22.4.